The van der Waals surface area contributed by atoms with Gasteiger partial charge in [0.1, 0.15) is 0 Å². The zero-order valence-corrected chi connectivity index (χ0v) is 10.6. The van der Waals surface area contributed by atoms with Gasteiger partial charge in [-0.2, -0.15) is 0 Å². The van der Waals surface area contributed by atoms with E-state index in [4.69, 9.17) is 4.74 Å². The van der Waals surface area contributed by atoms with Crippen molar-refractivity contribution in [2.75, 3.05) is 7.11 Å². The first-order chi connectivity index (χ1) is 8.60. The molecule has 1 aromatic heterocycles. The number of aryl methyl sites for hydroxylation is 1. The van der Waals surface area contributed by atoms with Gasteiger partial charge in [-0.3, -0.25) is 4.79 Å². The molecule has 1 N–H and O–H groups in total. The second kappa shape index (κ2) is 4.56. The topological polar surface area (TPSA) is 51.5 Å². The maximum atomic E-state index is 11.9. The van der Waals surface area contributed by atoms with E-state index in [1.165, 1.54) is 11.7 Å². The van der Waals surface area contributed by atoms with Crippen LogP contribution in [-0.4, -0.2) is 16.8 Å². The Hall–Kier alpha value is -2.23. The Morgan fingerprint density at radius 1 is 1.39 bits per heavy atom. The van der Waals surface area contributed by atoms with Gasteiger partial charge in [0, 0.05) is 12.4 Å². The lowest BCUT2D eigenvalue weighted by atomic mass is 10.1. The number of nitrogens with zero attached hydrogens (tertiary/aromatic N) is 1. The summed E-state index contributed by atoms with van der Waals surface area (Å²) in [5.74, 6) is -0.135. The number of allylic oxidation sites excluding steroid dienone is 1. The normalized spacial score (nSPS) is 11.3. The molecular formula is C14H15NO3. The molecule has 0 amide bonds. The Balaban J connectivity index is 2.90. The number of hydrogen-bond donors (Lipinski definition) is 1. The molecule has 2 aromatic rings. The molecule has 0 fully saturated rings. The van der Waals surface area contributed by atoms with Gasteiger partial charge < -0.3 is 14.4 Å². The van der Waals surface area contributed by atoms with Crippen LogP contribution in [0.1, 0.15) is 12.5 Å². The summed E-state index contributed by atoms with van der Waals surface area (Å²) in [5.41, 5.74) is 1.29. The average Bonchev–Trinajstić information content (AvgIpc) is 2.37. The summed E-state index contributed by atoms with van der Waals surface area (Å²) in [6.45, 7) is 1.92. The maximum Gasteiger partial charge on any atom is 0.297 e. The Morgan fingerprint density at radius 3 is 2.72 bits per heavy atom. The summed E-state index contributed by atoms with van der Waals surface area (Å²) in [6, 6.07) is 5.53. The highest BCUT2D eigenvalue weighted by Gasteiger charge is 2.14. The van der Waals surface area contributed by atoms with Crippen LogP contribution in [0.5, 0.6) is 11.5 Å². The molecule has 4 heteroatoms. The van der Waals surface area contributed by atoms with E-state index in [1.807, 2.05) is 37.3 Å². The number of pyridine rings is 1. The number of methoxy groups -OCH3 is 1. The van der Waals surface area contributed by atoms with Gasteiger partial charge in [-0.05, 0) is 24.6 Å². The van der Waals surface area contributed by atoms with Crippen molar-refractivity contribution < 1.29 is 9.84 Å². The van der Waals surface area contributed by atoms with Crippen molar-refractivity contribution in [3.63, 3.8) is 0 Å². The predicted octanol–water partition coefficient (Wildman–Crippen LogP) is 2.29. The van der Waals surface area contributed by atoms with Crippen LogP contribution < -0.4 is 10.3 Å². The van der Waals surface area contributed by atoms with Gasteiger partial charge in [-0.15, -0.1) is 0 Å². The summed E-state index contributed by atoms with van der Waals surface area (Å²) in [7, 11) is 3.03. The van der Waals surface area contributed by atoms with Crippen LogP contribution in [0.2, 0.25) is 0 Å². The van der Waals surface area contributed by atoms with Gasteiger partial charge in [-0.1, -0.05) is 18.2 Å². The van der Waals surface area contributed by atoms with Crippen molar-refractivity contribution in [2.45, 2.75) is 6.92 Å². The predicted molar refractivity (Wildman–Crippen MR) is 72.1 cm³/mol. The molecular weight excluding hydrogens is 230 g/mol. The average molecular weight is 245 g/mol. The van der Waals surface area contributed by atoms with E-state index < -0.39 is 0 Å². The fraction of sp³-hybridized carbons (Fsp3) is 0.214. The minimum Gasteiger partial charge on any atom is -0.504 e. The lowest BCUT2D eigenvalue weighted by Crippen LogP contribution is -2.18. The summed E-state index contributed by atoms with van der Waals surface area (Å²) >= 11 is 0. The van der Waals surface area contributed by atoms with Crippen LogP contribution in [0.3, 0.4) is 0 Å². The molecule has 0 radical (unpaired) electrons. The minimum absolute atomic E-state index is 0.0253. The largest absolute Gasteiger partial charge is 0.504 e. The van der Waals surface area contributed by atoms with Crippen molar-refractivity contribution in [3.8, 4) is 11.5 Å². The Bertz CT molecular complexity index is 683. The van der Waals surface area contributed by atoms with Gasteiger partial charge in [0.2, 0.25) is 5.75 Å². The smallest absolute Gasteiger partial charge is 0.297 e. The van der Waals surface area contributed by atoms with Gasteiger partial charge in [0.05, 0.1) is 12.6 Å². The van der Waals surface area contributed by atoms with Crippen molar-refractivity contribution >= 4 is 17.0 Å². The molecule has 4 nitrogen and oxygen atoms in total. The number of benzene rings is 1. The van der Waals surface area contributed by atoms with E-state index >= 15 is 0 Å². The summed E-state index contributed by atoms with van der Waals surface area (Å²) in [6.07, 6.45) is 3.84. The molecule has 0 aliphatic heterocycles. The van der Waals surface area contributed by atoms with Crippen molar-refractivity contribution in [1.29, 1.82) is 0 Å². The summed E-state index contributed by atoms with van der Waals surface area (Å²) in [4.78, 5) is 11.9. The zero-order chi connectivity index (χ0) is 13.3. The molecule has 18 heavy (non-hydrogen) atoms. The third-order valence-corrected chi connectivity index (χ3v) is 2.91. The monoisotopic (exact) mass is 245 g/mol. The van der Waals surface area contributed by atoms with E-state index in [-0.39, 0.29) is 17.1 Å². The highest BCUT2D eigenvalue weighted by Crippen LogP contribution is 2.31. The van der Waals surface area contributed by atoms with E-state index in [1.54, 1.807) is 7.05 Å². The van der Waals surface area contributed by atoms with Crippen LogP contribution in [0.4, 0.5) is 0 Å². The van der Waals surface area contributed by atoms with E-state index in [0.717, 1.165) is 5.56 Å². The summed E-state index contributed by atoms with van der Waals surface area (Å²) in [5, 5.41) is 10.7. The Kier molecular flexibility index (Phi) is 3.10. The number of hydrogen-bond acceptors (Lipinski definition) is 3. The van der Waals surface area contributed by atoms with Crippen LogP contribution in [0, 0.1) is 0 Å². The molecule has 0 aliphatic rings. The quantitative estimate of drug-likeness (QED) is 0.883. The van der Waals surface area contributed by atoms with E-state index in [9.17, 15) is 9.90 Å². The molecule has 0 atom stereocenters. The fourth-order valence-corrected chi connectivity index (χ4v) is 2.00. The molecule has 0 bridgehead atoms. The first kappa shape index (κ1) is 12.2. The summed E-state index contributed by atoms with van der Waals surface area (Å²) < 4.78 is 6.43. The molecule has 0 aliphatic carbocycles. The number of aromatic hydroxyl groups is 1. The first-order valence-electron chi connectivity index (χ1n) is 5.62. The van der Waals surface area contributed by atoms with Crippen molar-refractivity contribution in [3.05, 3.63) is 40.2 Å². The lowest BCUT2D eigenvalue weighted by molar-refractivity contribution is 0.368. The van der Waals surface area contributed by atoms with Crippen molar-refractivity contribution in [2.24, 2.45) is 7.05 Å². The molecule has 0 saturated heterocycles. The van der Waals surface area contributed by atoms with Gasteiger partial charge in [0.25, 0.3) is 5.56 Å². The Labute approximate surface area is 105 Å². The number of ether oxygens (including phenoxy) is 1. The SMILES string of the molecule is CC=Cc1ccc2c(c1)c(O)c(OC)c(=O)n2C. The first-order valence-corrected chi connectivity index (χ1v) is 5.62. The fourth-order valence-electron chi connectivity index (χ4n) is 2.00. The molecule has 2 rings (SSSR count). The van der Waals surface area contributed by atoms with Crippen LogP contribution in [0.15, 0.2) is 29.1 Å². The van der Waals surface area contributed by atoms with E-state index in [0.29, 0.717) is 10.9 Å². The standard InChI is InChI=1S/C14H15NO3/c1-4-5-9-6-7-11-10(8-9)12(16)13(18-3)14(17)15(11)2/h4-8,16H,1-3H3. The molecule has 94 valence electrons. The second-order valence-corrected chi connectivity index (χ2v) is 4.02. The lowest BCUT2D eigenvalue weighted by Gasteiger charge is -2.11. The van der Waals surface area contributed by atoms with Gasteiger partial charge in [0.15, 0.2) is 5.75 Å². The molecule has 0 unspecified atom stereocenters. The van der Waals surface area contributed by atoms with E-state index in [2.05, 4.69) is 0 Å². The van der Waals surface area contributed by atoms with Crippen LogP contribution in [0.25, 0.3) is 17.0 Å². The zero-order valence-electron chi connectivity index (χ0n) is 10.6. The number of rotatable bonds is 2. The third-order valence-electron chi connectivity index (χ3n) is 2.91. The number of aromatic nitrogens is 1. The highest BCUT2D eigenvalue weighted by molar-refractivity contribution is 5.89. The maximum absolute atomic E-state index is 11.9. The minimum atomic E-state index is -0.346. The van der Waals surface area contributed by atoms with Crippen LogP contribution >= 0.6 is 0 Å². The van der Waals surface area contributed by atoms with Gasteiger partial charge in [-0.25, -0.2) is 0 Å². The third kappa shape index (κ3) is 1.76. The Morgan fingerprint density at radius 2 is 2.11 bits per heavy atom. The highest BCUT2D eigenvalue weighted by atomic mass is 16.5. The van der Waals surface area contributed by atoms with Gasteiger partial charge >= 0.3 is 0 Å². The second-order valence-electron chi connectivity index (χ2n) is 4.02. The molecule has 0 saturated carbocycles. The molecule has 0 spiro atoms. The molecule has 1 aromatic carbocycles. The molecule has 1 heterocycles. The van der Waals surface area contributed by atoms with Crippen LogP contribution in [-0.2, 0) is 7.05 Å². The van der Waals surface area contributed by atoms with Crippen molar-refractivity contribution in [1.82, 2.24) is 4.57 Å². The number of fused-ring (bicyclic) bond motifs is 1.